The van der Waals surface area contributed by atoms with Crippen LogP contribution in [0.15, 0.2) is 17.2 Å². The van der Waals surface area contributed by atoms with E-state index in [4.69, 9.17) is 9.72 Å². The van der Waals surface area contributed by atoms with Crippen molar-refractivity contribution in [3.63, 3.8) is 0 Å². The minimum absolute atomic E-state index is 0.0459. The van der Waals surface area contributed by atoms with Gasteiger partial charge >= 0.3 is 5.97 Å². The lowest BCUT2D eigenvalue weighted by atomic mass is 9.78. The van der Waals surface area contributed by atoms with Gasteiger partial charge in [-0.2, -0.15) is 0 Å². The molecule has 0 saturated heterocycles. The minimum Gasteiger partial charge on any atom is -0.458 e. The van der Waals surface area contributed by atoms with Crippen LogP contribution in [-0.4, -0.2) is 56.2 Å². The summed E-state index contributed by atoms with van der Waals surface area (Å²) in [5, 5.41) is 24.7. The molecular formula is C28H30FN3O6. The largest absolute Gasteiger partial charge is 0.458 e. The summed E-state index contributed by atoms with van der Waals surface area (Å²) >= 11 is 0. The Morgan fingerprint density at radius 3 is 2.84 bits per heavy atom. The molecule has 2 amide bonds. The van der Waals surface area contributed by atoms with Crippen LogP contribution in [0.25, 0.3) is 10.9 Å². The lowest BCUT2D eigenvalue weighted by molar-refractivity contribution is -0.165. The quantitative estimate of drug-likeness (QED) is 0.525. The topological polar surface area (TPSA) is 129 Å². The first-order chi connectivity index (χ1) is 18.0. The molecule has 4 aliphatic rings. The van der Waals surface area contributed by atoms with Crippen molar-refractivity contribution in [2.45, 2.75) is 83.2 Å². The third-order valence-corrected chi connectivity index (χ3v) is 8.62. The van der Waals surface area contributed by atoms with Crippen molar-refractivity contribution in [2.75, 3.05) is 6.61 Å². The zero-order chi connectivity index (χ0) is 27.1. The van der Waals surface area contributed by atoms with Crippen molar-refractivity contribution in [1.29, 1.82) is 0 Å². The number of carbonyl (C=O) groups is 3. The highest BCUT2D eigenvalue weighted by Crippen LogP contribution is 2.51. The smallest absolute Gasteiger partial charge is 0.342 e. The third kappa shape index (κ3) is 3.42. The first-order valence-corrected chi connectivity index (χ1v) is 13.1. The summed E-state index contributed by atoms with van der Waals surface area (Å²) in [7, 11) is 0. The van der Waals surface area contributed by atoms with E-state index in [1.54, 1.807) is 25.7 Å². The maximum Gasteiger partial charge on any atom is 0.342 e. The van der Waals surface area contributed by atoms with Gasteiger partial charge in [0.05, 0.1) is 41.4 Å². The van der Waals surface area contributed by atoms with E-state index < -0.39 is 29.8 Å². The van der Waals surface area contributed by atoms with Gasteiger partial charge in [0.15, 0.2) is 5.60 Å². The summed E-state index contributed by atoms with van der Waals surface area (Å²) in [6.45, 7) is 5.00. The number of rotatable bonds is 4. The SMILES string of the molecule is CC[C@@]1(O)C(=O)OCC2=C1CC1c3nc4cc(F)c(C)c5c4c(c3CN1C2=O)[C@@H](NC(=O)C[C@@H](C)O)CC5. The molecule has 1 aliphatic carbocycles. The summed E-state index contributed by atoms with van der Waals surface area (Å²) in [5.41, 5.74) is 2.84. The number of halogens is 1. The third-order valence-electron chi connectivity index (χ3n) is 8.62. The van der Waals surface area contributed by atoms with E-state index in [0.717, 1.165) is 22.1 Å². The molecule has 0 saturated carbocycles. The Balaban J connectivity index is 1.52. The summed E-state index contributed by atoms with van der Waals surface area (Å²) < 4.78 is 20.1. The molecule has 0 bridgehead atoms. The van der Waals surface area contributed by atoms with Gasteiger partial charge in [0, 0.05) is 23.6 Å². The molecule has 10 heteroatoms. The molecule has 1 aromatic heterocycles. The number of carbonyl (C=O) groups excluding carboxylic acids is 3. The number of aryl methyl sites for hydroxylation is 1. The van der Waals surface area contributed by atoms with Crippen molar-refractivity contribution < 1.29 is 33.7 Å². The van der Waals surface area contributed by atoms with Gasteiger partial charge in [0.25, 0.3) is 5.91 Å². The van der Waals surface area contributed by atoms with Crippen molar-refractivity contribution in [3.8, 4) is 0 Å². The molecule has 0 fully saturated rings. The standard InChI is InChI=1S/C28H30FN3O6/c1-4-28(37)17-8-21-25-15(10-32(21)26(35)16(17)11-38-27(28)36)24-19(30-22(34)7-12(2)33)6-5-14-13(3)18(29)9-20(31-25)23(14)24/h9,12,19,21,33,37H,4-8,10-11H2,1-3H3,(H,30,34)/t12-,19+,21?,28+/m1/s1. The molecule has 2 aromatic rings. The van der Waals surface area contributed by atoms with Crippen molar-refractivity contribution in [2.24, 2.45) is 0 Å². The highest BCUT2D eigenvalue weighted by molar-refractivity contribution is 6.01. The number of pyridine rings is 1. The Labute approximate surface area is 218 Å². The second kappa shape index (κ2) is 8.57. The maximum absolute atomic E-state index is 15.0. The highest BCUT2D eigenvalue weighted by Gasteiger charge is 2.53. The van der Waals surface area contributed by atoms with E-state index in [1.807, 2.05) is 0 Å². The fourth-order valence-corrected chi connectivity index (χ4v) is 6.67. The molecular weight excluding hydrogens is 493 g/mol. The lowest BCUT2D eigenvalue weighted by Crippen LogP contribution is -2.51. The molecule has 1 aromatic carbocycles. The highest BCUT2D eigenvalue weighted by atomic mass is 19.1. The van der Waals surface area contributed by atoms with Gasteiger partial charge in [-0.1, -0.05) is 6.92 Å². The Kier molecular flexibility index (Phi) is 5.63. The van der Waals surface area contributed by atoms with Crippen LogP contribution in [0, 0.1) is 12.7 Å². The fraction of sp³-hybridized carbons (Fsp3) is 0.500. The zero-order valence-corrected chi connectivity index (χ0v) is 21.6. The average Bonchev–Trinajstić information content (AvgIpc) is 3.24. The van der Waals surface area contributed by atoms with Gasteiger partial charge in [-0.25, -0.2) is 9.18 Å². The maximum atomic E-state index is 15.0. The van der Waals surface area contributed by atoms with Crippen molar-refractivity contribution in [3.05, 3.63) is 51.0 Å². The first kappa shape index (κ1) is 24.9. The number of ether oxygens (including phenoxy) is 1. The van der Waals surface area contributed by atoms with Crippen molar-refractivity contribution >= 4 is 28.7 Å². The van der Waals surface area contributed by atoms with Crippen LogP contribution in [0.3, 0.4) is 0 Å². The predicted octanol–water partition coefficient (Wildman–Crippen LogP) is 2.34. The number of esters is 1. The number of benzene rings is 1. The Hall–Kier alpha value is -3.37. The van der Waals surface area contributed by atoms with Crippen LogP contribution in [0.5, 0.6) is 0 Å². The van der Waals surface area contributed by atoms with Crippen LogP contribution >= 0.6 is 0 Å². The Morgan fingerprint density at radius 2 is 2.13 bits per heavy atom. The summed E-state index contributed by atoms with van der Waals surface area (Å²) in [4.78, 5) is 45.4. The number of amides is 2. The molecule has 4 atom stereocenters. The second-order valence-electron chi connectivity index (χ2n) is 10.9. The van der Waals surface area contributed by atoms with Crippen molar-refractivity contribution in [1.82, 2.24) is 15.2 Å². The summed E-state index contributed by atoms with van der Waals surface area (Å²) in [6.07, 6.45) is 0.537. The molecule has 0 radical (unpaired) electrons. The predicted molar refractivity (Wildman–Crippen MR) is 133 cm³/mol. The van der Waals surface area contributed by atoms with Gasteiger partial charge in [0.1, 0.15) is 12.4 Å². The second-order valence-corrected chi connectivity index (χ2v) is 10.9. The lowest BCUT2D eigenvalue weighted by Gasteiger charge is -2.41. The Morgan fingerprint density at radius 1 is 1.37 bits per heavy atom. The fourth-order valence-electron chi connectivity index (χ4n) is 6.67. The zero-order valence-electron chi connectivity index (χ0n) is 21.6. The van der Waals surface area contributed by atoms with E-state index in [1.165, 1.54) is 6.07 Å². The first-order valence-electron chi connectivity index (χ1n) is 13.1. The van der Waals surface area contributed by atoms with Gasteiger partial charge in [-0.05, 0) is 61.8 Å². The van der Waals surface area contributed by atoms with Gasteiger partial charge in [0.2, 0.25) is 5.91 Å². The van der Waals surface area contributed by atoms with Crippen LogP contribution in [-0.2, 0) is 32.1 Å². The number of nitrogens with zero attached hydrogens (tertiary/aromatic N) is 2. The monoisotopic (exact) mass is 523 g/mol. The van der Waals surface area contributed by atoms with E-state index in [-0.39, 0.29) is 50.0 Å². The number of hydrogen-bond acceptors (Lipinski definition) is 7. The van der Waals surface area contributed by atoms with E-state index in [9.17, 15) is 29.0 Å². The number of nitrogens with one attached hydrogen (secondary N) is 1. The number of aliphatic hydroxyl groups excluding tert-OH is 1. The van der Waals surface area contributed by atoms with E-state index >= 15 is 0 Å². The Bertz CT molecular complexity index is 1470. The minimum atomic E-state index is -1.88. The van der Waals surface area contributed by atoms with Crippen LogP contribution in [0.2, 0.25) is 0 Å². The van der Waals surface area contributed by atoms with Gasteiger partial charge < -0.3 is 25.2 Å². The molecule has 3 aliphatic heterocycles. The van der Waals surface area contributed by atoms with Crippen LogP contribution < -0.4 is 5.32 Å². The number of aliphatic hydroxyl groups is 2. The molecule has 6 rings (SSSR count). The van der Waals surface area contributed by atoms with Crippen LogP contribution in [0.4, 0.5) is 4.39 Å². The van der Waals surface area contributed by atoms with Gasteiger partial charge in [-0.3, -0.25) is 14.6 Å². The number of aromatic nitrogens is 1. The molecule has 3 N–H and O–H groups in total. The molecule has 0 spiro atoms. The van der Waals surface area contributed by atoms with E-state index in [0.29, 0.717) is 40.8 Å². The number of fused-ring (bicyclic) bond motifs is 4. The van der Waals surface area contributed by atoms with E-state index in [2.05, 4.69) is 5.32 Å². The van der Waals surface area contributed by atoms with Gasteiger partial charge in [-0.15, -0.1) is 0 Å². The molecule has 200 valence electrons. The summed E-state index contributed by atoms with van der Waals surface area (Å²) in [5.74, 6) is -1.74. The number of hydrogen-bond donors (Lipinski definition) is 3. The molecule has 1 unspecified atom stereocenters. The number of cyclic esters (lactones) is 1. The van der Waals surface area contributed by atoms with Crippen LogP contribution in [0.1, 0.15) is 79.6 Å². The summed E-state index contributed by atoms with van der Waals surface area (Å²) in [6, 6.07) is 0.467. The normalized spacial score (nSPS) is 26.6. The molecule has 4 heterocycles. The average molecular weight is 524 g/mol. The molecule has 38 heavy (non-hydrogen) atoms. The molecule has 9 nitrogen and oxygen atoms in total.